The summed E-state index contributed by atoms with van der Waals surface area (Å²) in [6.07, 6.45) is -4.57. The Bertz CT molecular complexity index is 1220. The second kappa shape index (κ2) is 8.64. The van der Waals surface area contributed by atoms with E-state index < -0.39 is 41.5 Å². The molecule has 0 spiro atoms. The molecule has 2 aliphatic rings. The van der Waals surface area contributed by atoms with Gasteiger partial charge in [0.05, 0.1) is 12.1 Å². The van der Waals surface area contributed by atoms with Gasteiger partial charge in [0.25, 0.3) is 5.91 Å². The predicted molar refractivity (Wildman–Crippen MR) is 114 cm³/mol. The van der Waals surface area contributed by atoms with Crippen molar-refractivity contribution < 1.29 is 32.3 Å². The molecule has 1 unspecified atom stereocenters. The highest BCUT2D eigenvalue weighted by atomic mass is 35.5. The minimum atomic E-state index is -4.70. The number of alkyl halides is 3. The summed E-state index contributed by atoms with van der Waals surface area (Å²) in [5.41, 5.74) is 4.77. The van der Waals surface area contributed by atoms with Crippen LogP contribution in [-0.2, 0) is 28.9 Å². The lowest BCUT2D eigenvalue weighted by Gasteiger charge is -2.29. The molecule has 1 saturated heterocycles. The molecule has 0 aliphatic carbocycles. The Morgan fingerprint density at radius 2 is 1.85 bits per heavy atom. The third kappa shape index (κ3) is 4.18. The number of fused-ring (bicyclic) bond motifs is 1. The van der Waals surface area contributed by atoms with Crippen molar-refractivity contribution in [1.29, 1.82) is 0 Å². The minimum absolute atomic E-state index is 0.0331. The molecular formula is C22H18ClF3N4O4. The first-order chi connectivity index (χ1) is 16.0. The van der Waals surface area contributed by atoms with Crippen molar-refractivity contribution >= 4 is 35.5 Å². The first-order valence-electron chi connectivity index (χ1n) is 10.2. The van der Waals surface area contributed by atoms with Crippen LogP contribution in [0.3, 0.4) is 0 Å². The van der Waals surface area contributed by atoms with E-state index >= 15 is 0 Å². The fourth-order valence-corrected chi connectivity index (χ4v) is 4.46. The van der Waals surface area contributed by atoms with E-state index in [1.165, 1.54) is 35.2 Å². The van der Waals surface area contributed by atoms with Crippen LogP contribution in [0.2, 0.25) is 0 Å². The molecule has 0 saturated carbocycles. The number of urea groups is 1. The first-order valence-corrected chi connectivity index (χ1v) is 10.5. The number of primary amides is 1. The van der Waals surface area contributed by atoms with Gasteiger partial charge in [-0.25, -0.2) is 9.21 Å². The lowest BCUT2D eigenvalue weighted by Crippen LogP contribution is -2.52. The van der Waals surface area contributed by atoms with Crippen LogP contribution in [0.1, 0.15) is 39.9 Å². The van der Waals surface area contributed by atoms with Crippen LogP contribution in [0.25, 0.3) is 11.1 Å². The number of halogens is 4. The van der Waals surface area contributed by atoms with Crippen molar-refractivity contribution in [2.75, 3.05) is 0 Å². The van der Waals surface area contributed by atoms with Gasteiger partial charge in [0.1, 0.15) is 6.04 Å². The van der Waals surface area contributed by atoms with Crippen molar-refractivity contribution in [3.63, 3.8) is 0 Å². The zero-order valence-corrected chi connectivity index (χ0v) is 18.2. The lowest BCUT2D eigenvalue weighted by molar-refractivity contribution is -0.138. The minimum Gasteiger partial charge on any atom is -0.350 e. The number of nitrogens with one attached hydrogen (secondary N) is 1. The quantitative estimate of drug-likeness (QED) is 0.502. The molecular weight excluding hydrogens is 477 g/mol. The number of piperidine rings is 1. The number of hydrogen-bond donors (Lipinski definition) is 2. The summed E-state index contributed by atoms with van der Waals surface area (Å²) in [7, 11) is 0. The molecule has 4 rings (SSSR count). The number of hydrogen-bond acceptors (Lipinski definition) is 4. The normalized spacial score (nSPS) is 18.1. The van der Waals surface area contributed by atoms with Gasteiger partial charge >= 0.3 is 12.2 Å². The second-order valence-corrected chi connectivity index (χ2v) is 8.34. The van der Waals surface area contributed by atoms with Crippen molar-refractivity contribution in [2.24, 2.45) is 5.73 Å². The highest BCUT2D eigenvalue weighted by molar-refractivity contribution is 6.20. The molecule has 12 heteroatoms. The number of nitrogens with zero attached hydrogens (tertiary/aromatic N) is 2. The number of carbonyl (C=O) groups excluding carboxylic acids is 4. The van der Waals surface area contributed by atoms with E-state index in [9.17, 15) is 32.3 Å². The summed E-state index contributed by atoms with van der Waals surface area (Å²) >= 11 is 5.88. The Morgan fingerprint density at radius 1 is 1.15 bits per heavy atom. The van der Waals surface area contributed by atoms with E-state index in [4.69, 9.17) is 17.5 Å². The molecule has 2 aromatic rings. The van der Waals surface area contributed by atoms with Gasteiger partial charge in [-0.15, -0.1) is 0 Å². The zero-order valence-electron chi connectivity index (χ0n) is 17.5. The molecule has 5 amide bonds. The third-order valence-corrected chi connectivity index (χ3v) is 6.14. The van der Waals surface area contributed by atoms with Crippen LogP contribution >= 0.6 is 11.8 Å². The zero-order chi connectivity index (χ0) is 24.8. The van der Waals surface area contributed by atoms with E-state index in [1.807, 2.05) is 0 Å². The number of carbonyl (C=O) groups is 4. The van der Waals surface area contributed by atoms with Crippen LogP contribution < -0.4 is 11.1 Å². The fourth-order valence-electron chi connectivity index (χ4n) is 4.33. The maximum absolute atomic E-state index is 13.9. The molecule has 1 atom stereocenters. The first kappa shape index (κ1) is 23.6. The monoisotopic (exact) mass is 494 g/mol. The summed E-state index contributed by atoms with van der Waals surface area (Å²) in [4.78, 5) is 49.8. The molecule has 0 radical (unpaired) electrons. The molecule has 0 bridgehead atoms. The van der Waals surface area contributed by atoms with Gasteiger partial charge in [-0.2, -0.15) is 13.2 Å². The molecule has 2 heterocycles. The van der Waals surface area contributed by atoms with Crippen LogP contribution in [0.4, 0.5) is 18.0 Å². The summed E-state index contributed by atoms with van der Waals surface area (Å²) in [6.45, 7) is -0.479. The van der Waals surface area contributed by atoms with E-state index in [1.54, 1.807) is 0 Å². The maximum Gasteiger partial charge on any atom is 0.417 e. The molecule has 8 nitrogen and oxygen atoms in total. The maximum atomic E-state index is 13.9. The van der Waals surface area contributed by atoms with Crippen molar-refractivity contribution in [1.82, 2.24) is 14.6 Å². The summed E-state index contributed by atoms with van der Waals surface area (Å²) in [6, 6.07) is 5.74. The van der Waals surface area contributed by atoms with Gasteiger partial charge in [0.2, 0.25) is 11.8 Å². The lowest BCUT2D eigenvalue weighted by atomic mass is 9.89. The Morgan fingerprint density at radius 3 is 2.50 bits per heavy atom. The molecule has 3 N–H and O–H groups in total. The predicted octanol–water partition coefficient (Wildman–Crippen LogP) is 3.17. The average Bonchev–Trinajstić information content (AvgIpc) is 3.09. The topological polar surface area (TPSA) is 113 Å². The smallest absolute Gasteiger partial charge is 0.350 e. The SMILES string of the molecule is NC(=O)N(Cl)Cc1ccc2c(c1-c1ccccc1C(F)(F)F)CN(C1CCC(=O)NC1=O)C2=O. The van der Waals surface area contributed by atoms with Gasteiger partial charge in [-0.1, -0.05) is 24.3 Å². The largest absolute Gasteiger partial charge is 0.417 e. The highest BCUT2D eigenvalue weighted by Crippen LogP contribution is 2.43. The molecule has 34 heavy (non-hydrogen) atoms. The van der Waals surface area contributed by atoms with Crippen LogP contribution in [0.5, 0.6) is 0 Å². The third-order valence-electron chi connectivity index (χ3n) is 5.86. The Hall–Kier alpha value is -3.60. The van der Waals surface area contributed by atoms with Crippen molar-refractivity contribution in [3.8, 4) is 11.1 Å². The van der Waals surface area contributed by atoms with Crippen molar-refractivity contribution in [3.05, 3.63) is 58.7 Å². The standard InChI is InChI=1S/C22H18ClF3N4O4/c23-30(21(27)34)9-11-5-6-12-14(18(11)13-3-1-2-4-15(13)22(24,25)26)10-29(20(12)33)16-7-8-17(31)28-19(16)32/h1-6,16H,7-10H2,(H2,27,34)(H,28,31,32). The van der Waals surface area contributed by atoms with Crippen LogP contribution in [0, 0.1) is 0 Å². The second-order valence-electron chi connectivity index (χ2n) is 7.93. The summed E-state index contributed by atoms with van der Waals surface area (Å²) in [5, 5.41) is 2.18. The Kier molecular flexibility index (Phi) is 5.98. The fraction of sp³-hybridized carbons (Fsp3) is 0.273. The van der Waals surface area contributed by atoms with Gasteiger partial charge in [-0.05, 0) is 40.8 Å². The molecule has 0 aromatic heterocycles. The van der Waals surface area contributed by atoms with Crippen molar-refractivity contribution in [2.45, 2.75) is 38.1 Å². The average molecular weight is 495 g/mol. The van der Waals surface area contributed by atoms with E-state index in [0.29, 0.717) is 4.42 Å². The van der Waals surface area contributed by atoms with Gasteiger partial charge in [0, 0.05) is 30.3 Å². The van der Waals surface area contributed by atoms with Crippen LogP contribution in [-0.4, -0.2) is 39.1 Å². The Labute approximate surface area is 196 Å². The summed E-state index contributed by atoms with van der Waals surface area (Å²) in [5.74, 6) is -1.64. The number of benzene rings is 2. The number of rotatable bonds is 4. The molecule has 2 aromatic carbocycles. The van der Waals surface area contributed by atoms with Gasteiger partial charge in [-0.3, -0.25) is 19.7 Å². The number of imide groups is 1. The summed E-state index contributed by atoms with van der Waals surface area (Å²) < 4.78 is 42.2. The van der Waals surface area contributed by atoms with E-state index in [-0.39, 0.29) is 53.7 Å². The van der Waals surface area contributed by atoms with Crippen LogP contribution in [0.15, 0.2) is 36.4 Å². The number of amides is 5. The molecule has 1 fully saturated rings. The van der Waals surface area contributed by atoms with Gasteiger partial charge < -0.3 is 10.6 Å². The molecule has 2 aliphatic heterocycles. The van der Waals surface area contributed by atoms with Gasteiger partial charge in [0.15, 0.2) is 0 Å². The highest BCUT2D eigenvalue weighted by Gasteiger charge is 2.42. The Balaban J connectivity index is 1.87. The van der Waals surface area contributed by atoms with E-state index in [0.717, 1.165) is 6.07 Å². The number of nitrogens with two attached hydrogens (primary N) is 1. The molecule has 178 valence electrons. The van der Waals surface area contributed by atoms with E-state index in [2.05, 4.69) is 5.32 Å².